The van der Waals surface area contributed by atoms with Crippen LogP contribution in [0.25, 0.3) is 0 Å². The highest BCUT2D eigenvalue weighted by molar-refractivity contribution is 5.81. The van der Waals surface area contributed by atoms with Crippen molar-refractivity contribution in [3.05, 3.63) is 95.8 Å². The molecular weight excluding hydrogens is 326 g/mol. The first-order valence-corrected chi connectivity index (χ1v) is 8.29. The molecule has 1 N–H and O–H groups in total. The number of hydrogen-bond acceptors (Lipinski definition) is 4. The molecule has 0 spiro atoms. The lowest BCUT2D eigenvalue weighted by Crippen LogP contribution is -2.24. The first-order valence-electron chi connectivity index (χ1n) is 8.29. The lowest BCUT2D eigenvalue weighted by molar-refractivity contribution is -0.123. The lowest BCUT2D eigenvalue weighted by atomic mass is 10.0. The molecule has 3 aromatic rings. The van der Waals surface area contributed by atoms with E-state index in [2.05, 4.69) is 27.6 Å². The lowest BCUT2D eigenvalue weighted by Gasteiger charge is -2.11. The normalized spacial score (nSPS) is 10.6. The Kier molecular flexibility index (Phi) is 6.09. The molecule has 0 atom stereocenters. The quantitative estimate of drug-likeness (QED) is 0.528. The van der Waals surface area contributed by atoms with Crippen LogP contribution in [0.2, 0.25) is 0 Å². The van der Waals surface area contributed by atoms with Crippen LogP contribution in [0.3, 0.4) is 0 Å². The van der Waals surface area contributed by atoms with Crippen molar-refractivity contribution < 1.29 is 9.53 Å². The van der Waals surface area contributed by atoms with E-state index >= 15 is 0 Å². The van der Waals surface area contributed by atoms with E-state index in [0.29, 0.717) is 11.4 Å². The monoisotopic (exact) mass is 345 g/mol. The van der Waals surface area contributed by atoms with E-state index in [0.717, 1.165) is 12.0 Å². The summed E-state index contributed by atoms with van der Waals surface area (Å²) in [7, 11) is 0. The Balaban J connectivity index is 1.54. The van der Waals surface area contributed by atoms with Crippen LogP contribution < -0.4 is 10.2 Å². The Labute approximate surface area is 152 Å². The highest BCUT2D eigenvalue weighted by atomic mass is 16.5. The maximum atomic E-state index is 11.9. The molecule has 0 saturated carbocycles. The molecule has 0 bridgehead atoms. The van der Waals surface area contributed by atoms with Crippen LogP contribution in [-0.4, -0.2) is 23.7 Å². The molecule has 0 saturated heterocycles. The predicted octanol–water partition coefficient (Wildman–Crippen LogP) is 3.20. The molecule has 0 radical (unpaired) electrons. The third-order valence-corrected chi connectivity index (χ3v) is 3.64. The molecule has 0 unspecified atom stereocenters. The fraction of sp³-hybridized carbons (Fsp3) is 0.0952. The first-order chi connectivity index (χ1) is 12.8. The summed E-state index contributed by atoms with van der Waals surface area (Å²) in [6.45, 7) is -0.106. The van der Waals surface area contributed by atoms with E-state index in [4.69, 9.17) is 4.74 Å². The van der Waals surface area contributed by atoms with Crippen molar-refractivity contribution in [1.82, 2.24) is 10.4 Å². The fourth-order valence-electron chi connectivity index (χ4n) is 2.40. The number of hydrazone groups is 1. The summed E-state index contributed by atoms with van der Waals surface area (Å²) >= 11 is 0. The van der Waals surface area contributed by atoms with E-state index in [1.807, 2.05) is 54.6 Å². The Morgan fingerprint density at radius 2 is 1.77 bits per heavy atom. The molecule has 1 amide bonds. The molecule has 1 heterocycles. The Morgan fingerprint density at radius 1 is 1.00 bits per heavy atom. The van der Waals surface area contributed by atoms with E-state index < -0.39 is 0 Å². The molecule has 130 valence electrons. The number of carbonyl (C=O) groups excluding carboxylic acids is 1. The zero-order chi connectivity index (χ0) is 18.0. The smallest absolute Gasteiger partial charge is 0.277 e. The van der Waals surface area contributed by atoms with Gasteiger partial charge in [-0.25, -0.2) is 5.43 Å². The van der Waals surface area contributed by atoms with Crippen molar-refractivity contribution in [3.8, 4) is 5.75 Å². The van der Waals surface area contributed by atoms with Gasteiger partial charge in [-0.05, 0) is 29.3 Å². The van der Waals surface area contributed by atoms with Crippen LogP contribution in [0.4, 0.5) is 0 Å². The van der Waals surface area contributed by atoms with Crippen molar-refractivity contribution >= 4 is 12.1 Å². The summed E-state index contributed by atoms with van der Waals surface area (Å²) in [6, 6.07) is 23.3. The van der Waals surface area contributed by atoms with E-state index in [-0.39, 0.29) is 12.5 Å². The number of pyridine rings is 1. The number of para-hydroxylation sites is 1. The van der Waals surface area contributed by atoms with Crippen LogP contribution >= 0.6 is 0 Å². The minimum atomic E-state index is -0.327. The highest BCUT2D eigenvalue weighted by Gasteiger charge is 2.07. The molecule has 0 aliphatic rings. The van der Waals surface area contributed by atoms with Crippen LogP contribution in [0, 0.1) is 0 Å². The fourth-order valence-corrected chi connectivity index (χ4v) is 2.40. The number of nitrogens with one attached hydrogen (secondary N) is 1. The molecule has 0 fully saturated rings. The molecular formula is C21H19N3O2. The average Bonchev–Trinajstić information content (AvgIpc) is 2.69. The van der Waals surface area contributed by atoms with Gasteiger partial charge < -0.3 is 4.74 Å². The zero-order valence-electron chi connectivity index (χ0n) is 14.2. The van der Waals surface area contributed by atoms with Gasteiger partial charge in [-0.3, -0.25) is 9.78 Å². The highest BCUT2D eigenvalue weighted by Crippen LogP contribution is 2.21. The topological polar surface area (TPSA) is 63.6 Å². The SMILES string of the molecule is O=C(COc1ccccc1Cc1ccccc1)N/N=C\c1ccccn1. The average molecular weight is 345 g/mol. The Hall–Kier alpha value is -3.47. The van der Waals surface area contributed by atoms with Crippen molar-refractivity contribution in [2.75, 3.05) is 6.61 Å². The first kappa shape index (κ1) is 17.4. The van der Waals surface area contributed by atoms with Gasteiger partial charge in [0.05, 0.1) is 11.9 Å². The Bertz CT molecular complexity index is 865. The molecule has 2 aromatic carbocycles. The van der Waals surface area contributed by atoms with Gasteiger partial charge in [-0.2, -0.15) is 5.10 Å². The van der Waals surface area contributed by atoms with Crippen molar-refractivity contribution in [3.63, 3.8) is 0 Å². The van der Waals surface area contributed by atoms with Crippen LogP contribution in [-0.2, 0) is 11.2 Å². The summed E-state index contributed by atoms with van der Waals surface area (Å²) < 4.78 is 5.67. The number of carbonyl (C=O) groups is 1. The largest absolute Gasteiger partial charge is 0.483 e. The van der Waals surface area contributed by atoms with Crippen LogP contribution in [0.5, 0.6) is 5.75 Å². The third kappa shape index (κ3) is 5.27. The minimum Gasteiger partial charge on any atom is -0.483 e. The number of hydrogen-bond donors (Lipinski definition) is 1. The maximum absolute atomic E-state index is 11.9. The molecule has 5 nitrogen and oxygen atoms in total. The number of amides is 1. The second kappa shape index (κ2) is 9.13. The summed E-state index contributed by atoms with van der Waals surface area (Å²) in [5, 5.41) is 3.88. The van der Waals surface area contributed by atoms with Gasteiger partial charge in [0, 0.05) is 12.6 Å². The van der Waals surface area contributed by atoms with E-state index in [1.54, 1.807) is 12.3 Å². The van der Waals surface area contributed by atoms with E-state index in [9.17, 15) is 4.79 Å². The van der Waals surface area contributed by atoms with Crippen molar-refractivity contribution in [2.24, 2.45) is 5.10 Å². The molecule has 0 aliphatic heterocycles. The molecule has 3 rings (SSSR count). The number of benzene rings is 2. The van der Waals surface area contributed by atoms with Gasteiger partial charge in [-0.15, -0.1) is 0 Å². The number of aromatic nitrogens is 1. The number of nitrogens with zero attached hydrogens (tertiary/aromatic N) is 2. The molecule has 5 heteroatoms. The van der Waals surface area contributed by atoms with Crippen molar-refractivity contribution in [1.29, 1.82) is 0 Å². The van der Waals surface area contributed by atoms with Gasteiger partial charge in [0.2, 0.25) is 0 Å². The molecule has 1 aromatic heterocycles. The summed E-state index contributed by atoms with van der Waals surface area (Å²) in [5.41, 5.74) is 5.32. The Morgan fingerprint density at radius 3 is 2.58 bits per heavy atom. The minimum absolute atomic E-state index is 0.106. The zero-order valence-corrected chi connectivity index (χ0v) is 14.2. The maximum Gasteiger partial charge on any atom is 0.277 e. The standard InChI is InChI=1S/C21H19N3O2/c25-21(24-23-15-19-11-6-7-13-22-19)16-26-20-12-5-4-10-18(20)14-17-8-2-1-3-9-17/h1-13,15H,14,16H2,(H,24,25)/b23-15-. The van der Waals surface area contributed by atoms with Crippen LogP contribution in [0.1, 0.15) is 16.8 Å². The van der Waals surface area contributed by atoms with Gasteiger partial charge in [0.25, 0.3) is 5.91 Å². The third-order valence-electron chi connectivity index (χ3n) is 3.64. The summed E-state index contributed by atoms with van der Waals surface area (Å²) in [6.07, 6.45) is 3.90. The summed E-state index contributed by atoms with van der Waals surface area (Å²) in [4.78, 5) is 16.0. The molecule has 26 heavy (non-hydrogen) atoms. The summed E-state index contributed by atoms with van der Waals surface area (Å²) in [5.74, 6) is 0.368. The second-order valence-corrected chi connectivity index (χ2v) is 5.61. The number of ether oxygens (including phenoxy) is 1. The number of rotatable bonds is 7. The van der Waals surface area contributed by atoms with Gasteiger partial charge in [0.1, 0.15) is 5.75 Å². The van der Waals surface area contributed by atoms with Gasteiger partial charge >= 0.3 is 0 Å². The van der Waals surface area contributed by atoms with Crippen LogP contribution in [0.15, 0.2) is 84.1 Å². The van der Waals surface area contributed by atoms with E-state index in [1.165, 1.54) is 11.8 Å². The van der Waals surface area contributed by atoms with Crippen molar-refractivity contribution in [2.45, 2.75) is 6.42 Å². The van der Waals surface area contributed by atoms with Gasteiger partial charge in [0.15, 0.2) is 6.61 Å². The second-order valence-electron chi connectivity index (χ2n) is 5.61. The molecule has 0 aliphatic carbocycles. The van der Waals surface area contributed by atoms with Gasteiger partial charge in [-0.1, -0.05) is 54.6 Å². The predicted molar refractivity (Wildman–Crippen MR) is 101 cm³/mol.